The van der Waals surface area contributed by atoms with Gasteiger partial charge in [0, 0.05) is 36.8 Å². The molecule has 6 heteroatoms. The molecule has 27 heavy (non-hydrogen) atoms. The lowest BCUT2D eigenvalue weighted by Crippen LogP contribution is -2.76. The van der Waals surface area contributed by atoms with E-state index in [9.17, 15) is 0 Å². The van der Waals surface area contributed by atoms with Gasteiger partial charge in [-0.3, -0.25) is 5.10 Å². The van der Waals surface area contributed by atoms with Gasteiger partial charge in [-0.05, 0) is 56.5 Å². The number of benzene rings is 1. The summed E-state index contributed by atoms with van der Waals surface area (Å²) in [6.45, 7) is 5.37. The number of nitrogens with one attached hydrogen (secondary N) is 2. The van der Waals surface area contributed by atoms with E-state index in [4.69, 9.17) is 4.74 Å². The van der Waals surface area contributed by atoms with Gasteiger partial charge in [-0.15, -0.1) is 0 Å². The Labute approximate surface area is 157 Å². The third kappa shape index (κ3) is 2.36. The van der Waals surface area contributed by atoms with Gasteiger partial charge < -0.3 is 15.0 Å². The fourth-order valence-corrected chi connectivity index (χ4v) is 4.23. The summed E-state index contributed by atoms with van der Waals surface area (Å²) in [5.41, 5.74) is 3.39. The first-order valence-corrected chi connectivity index (χ1v) is 9.76. The second-order valence-electron chi connectivity index (χ2n) is 8.46. The molecule has 3 aliphatic rings. The SMILES string of the molecule is CC1(Oc2ccc3[nH]nc(-c4ccnc(N5CCC56CNC6)c4)c3c2)CC1. The van der Waals surface area contributed by atoms with Crippen LogP contribution in [0.3, 0.4) is 0 Å². The van der Waals surface area contributed by atoms with Gasteiger partial charge in [-0.1, -0.05) is 0 Å². The monoisotopic (exact) mass is 361 g/mol. The van der Waals surface area contributed by atoms with Gasteiger partial charge in [0.15, 0.2) is 0 Å². The van der Waals surface area contributed by atoms with Crippen LogP contribution in [0.4, 0.5) is 5.82 Å². The van der Waals surface area contributed by atoms with Crippen LogP contribution in [0.2, 0.25) is 0 Å². The maximum absolute atomic E-state index is 6.15. The number of hydrogen-bond donors (Lipinski definition) is 2. The highest BCUT2D eigenvalue weighted by Gasteiger charge is 2.49. The molecule has 6 nitrogen and oxygen atoms in total. The van der Waals surface area contributed by atoms with Crippen LogP contribution < -0.4 is 15.0 Å². The number of hydrogen-bond acceptors (Lipinski definition) is 5. The Balaban J connectivity index is 1.37. The number of aromatic amines is 1. The highest BCUT2D eigenvalue weighted by Crippen LogP contribution is 2.41. The molecule has 0 atom stereocenters. The average molecular weight is 361 g/mol. The Morgan fingerprint density at radius 1 is 1.11 bits per heavy atom. The number of ether oxygens (including phenoxy) is 1. The summed E-state index contributed by atoms with van der Waals surface area (Å²) in [7, 11) is 0. The summed E-state index contributed by atoms with van der Waals surface area (Å²) in [5, 5.41) is 12.2. The van der Waals surface area contributed by atoms with Gasteiger partial charge in [0.1, 0.15) is 22.9 Å². The number of fused-ring (bicyclic) bond motifs is 1. The van der Waals surface area contributed by atoms with Crippen molar-refractivity contribution in [2.45, 2.75) is 37.3 Å². The zero-order valence-electron chi connectivity index (χ0n) is 15.5. The molecule has 138 valence electrons. The Morgan fingerprint density at radius 3 is 2.70 bits per heavy atom. The van der Waals surface area contributed by atoms with Gasteiger partial charge in [0.25, 0.3) is 0 Å². The van der Waals surface area contributed by atoms with Crippen LogP contribution in [-0.4, -0.2) is 46.0 Å². The minimum Gasteiger partial charge on any atom is -0.488 e. The van der Waals surface area contributed by atoms with E-state index in [2.05, 4.69) is 50.5 Å². The average Bonchev–Trinajstić information content (AvgIpc) is 3.16. The Kier molecular flexibility index (Phi) is 2.99. The lowest BCUT2D eigenvalue weighted by Gasteiger charge is -2.59. The van der Waals surface area contributed by atoms with Crippen molar-refractivity contribution in [3.05, 3.63) is 36.5 Å². The molecule has 0 unspecified atom stereocenters. The van der Waals surface area contributed by atoms with Crippen molar-refractivity contribution in [2.24, 2.45) is 0 Å². The summed E-state index contributed by atoms with van der Waals surface area (Å²) >= 11 is 0. The fourth-order valence-electron chi connectivity index (χ4n) is 4.23. The molecule has 6 rings (SSSR count). The maximum atomic E-state index is 6.15. The first kappa shape index (κ1) is 15.5. The van der Waals surface area contributed by atoms with Crippen molar-refractivity contribution in [3.63, 3.8) is 0 Å². The highest BCUT2D eigenvalue weighted by atomic mass is 16.5. The van der Waals surface area contributed by atoms with Crippen LogP contribution in [0, 0.1) is 0 Å². The molecular formula is C21H23N5O. The van der Waals surface area contributed by atoms with Crippen molar-refractivity contribution in [1.82, 2.24) is 20.5 Å². The highest BCUT2D eigenvalue weighted by molar-refractivity contribution is 5.94. The third-order valence-corrected chi connectivity index (χ3v) is 6.43. The van der Waals surface area contributed by atoms with Crippen molar-refractivity contribution in [1.29, 1.82) is 0 Å². The molecule has 2 N–H and O–H groups in total. The Bertz CT molecular complexity index is 1030. The van der Waals surface area contributed by atoms with E-state index in [0.29, 0.717) is 5.54 Å². The largest absolute Gasteiger partial charge is 0.488 e. The van der Waals surface area contributed by atoms with E-state index in [0.717, 1.165) is 66.2 Å². The van der Waals surface area contributed by atoms with Gasteiger partial charge in [-0.2, -0.15) is 5.10 Å². The fraction of sp³-hybridized carbons (Fsp3) is 0.429. The van der Waals surface area contributed by atoms with E-state index >= 15 is 0 Å². The molecule has 3 aromatic rings. The van der Waals surface area contributed by atoms with Gasteiger partial charge in [0.2, 0.25) is 0 Å². The molecule has 2 aromatic heterocycles. The lowest BCUT2D eigenvalue weighted by atomic mass is 9.79. The van der Waals surface area contributed by atoms with Crippen molar-refractivity contribution < 1.29 is 4.74 Å². The normalized spacial score (nSPS) is 21.7. The predicted molar refractivity (Wildman–Crippen MR) is 105 cm³/mol. The molecule has 3 fully saturated rings. The molecular weight excluding hydrogens is 338 g/mol. The van der Waals surface area contributed by atoms with Crippen LogP contribution in [0.25, 0.3) is 22.2 Å². The number of H-pyrrole nitrogens is 1. The van der Waals surface area contributed by atoms with E-state index in [1.54, 1.807) is 0 Å². The second-order valence-corrected chi connectivity index (χ2v) is 8.46. The van der Waals surface area contributed by atoms with Crippen LogP contribution in [0.15, 0.2) is 36.5 Å². The molecule has 0 radical (unpaired) electrons. The molecule has 4 heterocycles. The number of anilines is 1. The summed E-state index contributed by atoms with van der Waals surface area (Å²) in [4.78, 5) is 7.07. The molecule has 1 aliphatic carbocycles. The van der Waals surface area contributed by atoms with Gasteiger partial charge >= 0.3 is 0 Å². The smallest absolute Gasteiger partial charge is 0.129 e. The summed E-state index contributed by atoms with van der Waals surface area (Å²) in [5.74, 6) is 1.97. The van der Waals surface area contributed by atoms with Crippen LogP contribution in [-0.2, 0) is 0 Å². The Hall–Kier alpha value is -2.60. The first-order valence-electron chi connectivity index (χ1n) is 9.76. The molecule has 1 aromatic carbocycles. The topological polar surface area (TPSA) is 66.1 Å². The summed E-state index contributed by atoms with van der Waals surface area (Å²) in [6.07, 6.45) is 5.40. The van der Waals surface area contributed by atoms with E-state index in [1.807, 2.05) is 18.3 Å². The predicted octanol–water partition coefficient (Wildman–Crippen LogP) is 3.11. The number of rotatable bonds is 4. The molecule has 1 spiro atoms. The minimum absolute atomic E-state index is 0.0179. The van der Waals surface area contributed by atoms with Crippen molar-refractivity contribution >= 4 is 16.7 Å². The van der Waals surface area contributed by atoms with E-state index in [-0.39, 0.29) is 5.60 Å². The van der Waals surface area contributed by atoms with Crippen LogP contribution >= 0.6 is 0 Å². The first-order chi connectivity index (χ1) is 13.1. The van der Waals surface area contributed by atoms with Gasteiger partial charge in [0.05, 0.1) is 11.1 Å². The quantitative estimate of drug-likeness (QED) is 0.747. The summed E-state index contributed by atoms with van der Waals surface area (Å²) < 4.78 is 6.15. The number of pyridine rings is 1. The number of aromatic nitrogens is 3. The summed E-state index contributed by atoms with van der Waals surface area (Å²) in [6, 6.07) is 10.4. The molecule has 2 aliphatic heterocycles. The van der Waals surface area contributed by atoms with E-state index < -0.39 is 0 Å². The molecule has 0 bridgehead atoms. The maximum Gasteiger partial charge on any atom is 0.129 e. The zero-order chi connectivity index (χ0) is 18.1. The number of nitrogens with zero attached hydrogens (tertiary/aromatic N) is 3. The van der Waals surface area contributed by atoms with Crippen LogP contribution in [0.1, 0.15) is 26.2 Å². The molecule has 0 amide bonds. The standard InChI is InChI=1S/C21H23N5O/c1-20(5-6-20)27-15-2-3-17-16(11-15)19(25-24-17)14-4-8-23-18(10-14)26-9-7-21(26)12-22-13-21/h2-4,8,10-11,22H,5-7,9,12-13H2,1H3,(H,24,25). The zero-order valence-corrected chi connectivity index (χ0v) is 15.5. The van der Waals surface area contributed by atoms with E-state index in [1.165, 1.54) is 6.42 Å². The van der Waals surface area contributed by atoms with Crippen LogP contribution in [0.5, 0.6) is 5.75 Å². The minimum atomic E-state index is 0.0179. The Morgan fingerprint density at radius 2 is 2.00 bits per heavy atom. The molecule has 1 saturated carbocycles. The van der Waals surface area contributed by atoms with Crippen molar-refractivity contribution in [3.8, 4) is 17.0 Å². The lowest BCUT2D eigenvalue weighted by molar-refractivity contribution is 0.178. The second kappa shape index (κ2) is 5.23. The molecule has 2 saturated heterocycles. The van der Waals surface area contributed by atoms with Gasteiger partial charge in [-0.25, -0.2) is 4.98 Å². The van der Waals surface area contributed by atoms with Crippen molar-refractivity contribution in [2.75, 3.05) is 24.5 Å². The third-order valence-electron chi connectivity index (χ3n) is 6.43.